The molecule has 3 aromatic rings. The third kappa shape index (κ3) is 2.95. The van der Waals surface area contributed by atoms with E-state index in [-0.39, 0.29) is 0 Å². The van der Waals surface area contributed by atoms with Gasteiger partial charge in [-0.3, -0.25) is 4.68 Å². The van der Waals surface area contributed by atoms with Gasteiger partial charge in [0.15, 0.2) is 5.65 Å². The van der Waals surface area contributed by atoms with E-state index in [9.17, 15) is 0 Å². The fraction of sp³-hybridized carbons (Fsp3) is 0.312. The van der Waals surface area contributed by atoms with E-state index >= 15 is 0 Å². The summed E-state index contributed by atoms with van der Waals surface area (Å²) in [5.41, 5.74) is 8.31. The molecule has 0 spiro atoms. The molecule has 24 heavy (non-hydrogen) atoms. The van der Waals surface area contributed by atoms with Gasteiger partial charge in [-0.2, -0.15) is 10.1 Å². The Morgan fingerprint density at radius 3 is 2.83 bits per heavy atom. The van der Waals surface area contributed by atoms with Gasteiger partial charge in [0.2, 0.25) is 5.95 Å². The minimum Gasteiger partial charge on any atom is -0.497 e. The number of methoxy groups -OCH3 is 2. The number of ether oxygens (including phenoxy) is 2. The van der Waals surface area contributed by atoms with Crippen LogP contribution in [0.25, 0.3) is 22.3 Å². The van der Waals surface area contributed by atoms with Gasteiger partial charge in [0, 0.05) is 26.3 Å². The van der Waals surface area contributed by atoms with Crippen LogP contribution in [0, 0.1) is 0 Å². The van der Waals surface area contributed by atoms with E-state index in [2.05, 4.69) is 20.4 Å². The Kier molecular flexibility index (Phi) is 4.48. The van der Waals surface area contributed by atoms with Crippen molar-refractivity contribution in [3.8, 4) is 17.0 Å². The summed E-state index contributed by atoms with van der Waals surface area (Å²) in [7, 11) is 5.06. The summed E-state index contributed by atoms with van der Waals surface area (Å²) in [6.07, 6.45) is 0. The van der Waals surface area contributed by atoms with Gasteiger partial charge >= 0.3 is 0 Å². The molecule has 0 saturated carbocycles. The van der Waals surface area contributed by atoms with Gasteiger partial charge in [-0.05, 0) is 12.1 Å². The molecule has 2 aromatic heterocycles. The lowest BCUT2D eigenvalue weighted by molar-refractivity contribution is 0.210. The maximum absolute atomic E-state index is 6.17. The Bertz CT molecular complexity index is 861. The standard InChI is InChI=1S/C16H20N6O2/c1-22-14(17)12-13(10-5-4-6-11(9-10)24-3)19-16(18-7-8-23-2)20-15(12)21-22/h4-6,9H,7-8,17H2,1-3H3,(H,18,20,21). The van der Waals surface area contributed by atoms with Crippen molar-refractivity contribution in [2.24, 2.45) is 7.05 Å². The highest BCUT2D eigenvalue weighted by Gasteiger charge is 2.17. The molecular formula is C16H20N6O2. The minimum absolute atomic E-state index is 0.482. The van der Waals surface area contributed by atoms with Crippen molar-refractivity contribution in [2.75, 3.05) is 38.4 Å². The van der Waals surface area contributed by atoms with Gasteiger partial charge in [-0.1, -0.05) is 12.1 Å². The maximum Gasteiger partial charge on any atom is 0.225 e. The number of nitrogen functional groups attached to an aromatic ring is 1. The van der Waals surface area contributed by atoms with E-state index in [0.29, 0.717) is 36.3 Å². The van der Waals surface area contributed by atoms with E-state index in [1.54, 1.807) is 25.9 Å². The van der Waals surface area contributed by atoms with Crippen LogP contribution in [-0.4, -0.2) is 47.1 Å². The molecule has 0 aliphatic carbocycles. The zero-order valence-corrected chi connectivity index (χ0v) is 13.9. The molecule has 3 rings (SSSR count). The molecule has 1 aromatic carbocycles. The molecule has 2 heterocycles. The summed E-state index contributed by atoms with van der Waals surface area (Å²) < 4.78 is 12.0. The van der Waals surface area contributed by atoms with Crippen LogP contribution in [0.3, 0.4) is 0 Å². The first-order valence-corrected chi connectivity index (χ1v) is 7.51. The predicted molar refractivity (Wildman–Crippen MR) is 93.1 cm³/mol. The van der Waals surface area contributed by atoms with E-state index in [1.807, 2.05) is 24.3 Å². The van der Waals surface area contributed by atoms with Crippen LogP contribution in [0.15, 0.2) is 24.3 Å². The van der Waals surface area contributed by atoms with E-state index in [1.165, 1.54) is 0 Å². The number of aryl methyl sites for hydroxylation is 1. The molecule has 0 bridgehead atoms. The Labute approximate surface area is 139 Å². The van der Waals surface area contributed by atoms with Crippen LogP contribution in [-0.2, 0) is 11.8 Å². The third-order valence-corrected chi connectivity index (χ3v) is 3.67. The van der Waals surface area contributed by atoms with Crippen molar-refractivity contribution in [2.45, 2.75) is 0 Å². The molecule has 8 heteroatoms. The number of hydrogen-bond donors (Lipinski definition) is 2. The molecule has 0 amide bonds. The number of nitrogens with one attached hydrogen (secondary N) is 1. The van der Waals surface area contributed by atoms with Gasteiger partial charge < -0.3 is 20.5 Å². The van der Waals surface area contributed by atoms with Crippen LogP contribution >= 0.6 is 0 Å². The van der Waals surface area contributed by atoms with E-state index < -0.39 is 0 Å². The molecule has 0 saturated heterocycles. The third-order valence-electron chi connectivity index (χ3n) is 3.67. The molecule has 0 radical (unpaired) electrons. The number of hydrogen-bond acceptors (Lipinski definition) is 7. The molecule has 8 nitrogen and oxygen atoms in total. The lowest BCUT2D eigenvalue weighted by Gasteiger charge is -2.09. The van der Waals surface area contributed by atoms with Crippen LogP contribution < -0.4 is 15.8 Å². The molecule has 0 fully saturated rings. The zero-order valence-electron chi connectivity index (χ0n) is 13.9. The molecule has 3 N–H and O–H groups in total. The number of anilines is 2. The SMILES string of the molecule is COCCNc1nc(-c2cccc(OC)c2)c2c(N)n(C)nc2n1. The predicted octanol–water partition coefficient (Wildman–Crippen LogP) is 1.68. The highest BCUT2D eigenvalue weighted by molar-refractivity contribution is 5.99. The second-order valence-corrected chi connectivity index (χ2v) is 5.25. The Hall–Kier alpha value is -2.87. The van der Waals surface area contributed by atoms with Gasteiger partial charge in [-0.15, -0.1) is 0 Å². The van der Waals surface area contributed by atoms with Gasteiger partial charge in [0.05, 0.1) is 24.8 Å². The van der Waals surface area contributed by atoms with Gasteiger partial charge in [-0.25, -0.2) is 4.98 Å². The Balaban J connectivity index is 2.15. The van der Waals surface area contributed by atoms with E-state index in [0.717, 1.165) is 16.7 Å². The van der Waals surface area contributed by atoms with Gasteiger partial charge in [0.1, 0.15) is 11.6 Å². The summed E-state index contributed by atoms with van der Waals surface area (Å²) in [5, 5.41) is 8.23. The highest BCUT2D eigenvalue weighted by atomic mass is 16.5. The number of aromatic nitrogens is 4. The van der Waals surface area contributed by atoms with Crippen molar-refractivity contribution in [1.29, 1.82) is 0 Å². The first kappa shape index (κ1) is 16.0. The minimum atomic E-state index is 0.482. The molecule has 0 aliphatic rings. The average molecular weight is 328 g/mol. The summed E-state index contributed by atoms with van der Waals surface area (Å²) in [4.78, 5) is 9.06. The van der Waals surface area contributed by atoms with Crippen LogP contribution in [0.1, 0.15) is 0 Å². The smallest absolute Gasteiger partial charge is 0.225 e. The van der Waals surface area contributed by atoms with Crippen LogP contribution in [0.5, 0.6) is 5.75 Å². The maximum atomic E-state index is 6.17. The second kappa shape index (κ2) is 6.71. The van der Waals surface area contributed by atoms with Crippen LogP contribution in [0.2, 0.25) is 0 Å². The summed E-state index contributed by atoms with van der Waals surface area (Å²) in [6.45, 7) is 1.15. The number of benzene rings is 1. The fourth-order valence-corrected chi connectivity index (χ4v) is 2.44. The summed E-state index contributed by atoms with van der Waals surface area (Å²) >= 11 is 0. The fourth-order valence-electron chi connectivity index (χ4n) is 2.44. The molecular weight excluding hydrogens is 308 g/mol. The van der Waals surface area contributed by atoms with Crippen molar-refractivity contribution in [3.05, 3.63) is 24.3 Å². The molecule has 126 valence electrons. The molecule has 0 aliphatic heterocycles. The van der Waals surface area contributed by atoms with E-state index in [4.69, 9.17) is 15.2 Å². The zero-order chi connectivity index (χ0) is 17.1. The topological polar surface area (TPSA) is 100 Å². The number of nitrogens with zero attached hydrogens (tertiary/aromatic N) is 4. The van der Waals surface area contributed by atoms with Crippen molar-refractivity contribution in [1.82, 2.24) is 19.7 Å². The molecule has 0 unspecified atom stereocenters. The number of nitrogens with two attached hydrogens (primary N) is 1. The molecule has 0 atom stereocenters. The highest BCUT2D eigenvalue weighted by Crippen LogP contribution is 2.32. The first-order chi connectivity index (χ1) is 11.6. The largest absolute Gasteiger partial charge is 0.497 e. The Morgan fingerprint density at radius 2 is 2.08 bits per heavy atom. The Morgan fingerprint density at radius 1 is 1.25 bits per heavy atom. The van der Waals surface area contributed by atoms with Gasteiger partial charge in [0.25, 0.3) is 0 Å². The summed E-state index contributed by atoms with van der Waals surface area (Å²) in [6, 6.07) is 7.65. The van der Waals surface area contributed by atoms with Crippen LogP contribution in [0.4, 0.5) is 11.8 Å². The monoisotopic (exact) mass is 328 g/mol. The number of rotatable bonds is 6. The second-order valence-electron chi connectivity index (χ2n) is 5.25. The summed E-state index contributed by atoms with van der Waals surface area (Å²) in [5.74, 6) is 1.75. The van der Waals surface area contributed by atoms with Crippen molar-refractivity contribution in [3.63, 3.8) is 0 Å². The van der Waals surface area contributed by atoms with Crippen molar-refractivity contribution < 1.29 is 9.47 Å². The number of fused-ring (bicyclic) bond motifs is 1. The average Bonchev–Trinajstić information content (AvgIpc) is 2.89. The lowest BCUT2D eigenvalue weighted by atomic mass is 10.1. The normalized spacial score (nSPS) is 11.0. The first-order valence-electron chi connectivity index (χ1n) is 7.51. The quantitative estimate of drug-likeness (QED) is 0.664. The lowest BCUT2D eigenvalue weighted by Crippen LogP contribution is -2.10. The van der Waals surface area contributed by atoms with Crippen molar-refractivity contribution >= 4 is 22.8 Å².